The fraction of sp³-hybridized carbons (Fsp3) is 0.250. The highest BCUT2D eigenvalue weighted by atomic mass is 16.2. The lowest BCUT2D eigenvalue weighted by Gasteiger charge is -2.23. The Kier molecular flexibility index (Phi) is 2.63. The standard InChI is InChI=1S/C8H10N2O2/c1-2-8(12)10-7(6-11)4-3-5-9-10/h3-6,9H,2H2,1H3. The first-order valence-electron chi connectivity index (χ1n) is 3.70. The number of hydrogen-bond acceptors (Lipinski definition) is 3. The average molecular weight is 166 g/mol. The van der Waals surface area contributed by atoms with Gasteiger partial charge >= 0.3 is 0 Å². The lowest BCUT2D eigenvalue weighted by molar-refractivity contribution is -0.132. The number of nitrogens with one attached hydrogen (secondary N) is 1. The minimum Gasteiger partial charge on any atom is -0.299 e. The first kappa shape index (κ1) is 8.52. The molecule has 12 heavy (non-hydrogen) atoms. The van der Waals surface area contributed by atoms with E-state index in [1.165, 1.54) is 5.01 Å². The van der Waals surface area contributed by atoms with E-state index in [0.29, 0.717) is 18.4 Å². The summed E-state index contributed by atoms with van der Waals surface area (Å²) >= 11 is 0. The molecular weight excluding hydrogens is 156 g/mol. The van der Waals surface area contributed by atoms with Gasteiger partial charge in [0.1, 0.15) is 5.70 Å². The zero-order valence-electron chi connectivity index (χ0n) is 6.78. The van der Waals surface area contributed by atoms with Crippen molar-refractivity contribution >= 4 is 12.2 Å². The summed E-state index contributed by atoms with van der Waals surface area (Å²) in [6, 6.07) is 0. The maximum atomic E-state index is 11.2. The van der Waals surface area contributed by atoms with E-state index in [2.05, 4.69) is 5.43 Å². The smallest absolute Gasteiger partial charge is 0.245 e. The molecule has 0 spiro atoms. The maximum Gasteiger partial charge on any atom is 0.245 e. The topological polar surface area (TPSA) is 49.4 Å². The van der Waals surface area contributed by atoms with Crippen molar-refractivity contribution in [2.24, 2.45) is 0 Å². The zero-order valence-corrected chi connectivity index (χ0v) is 6.78. The number of amides is 1. The van der Waals surface area contributed by atoms with Crippen molar-refractivity contribution in [1.82, 2.24) is 10.4 Å². The Morgan fingerprint density at radius 3 is 3.08 bits per heavy atom. The van der Waals surface area contributed by atoms with Crippen molar-refractivity contribution < 1.29 is 9.59 Å². The molecule has 64 valence electrons. The Morgan fingerprint density at radius 2 is 2.50 bits per heavy atom. The van der Waals surface area contributed by atoms with Crippen LogP contribution in [0.4, 0.5) is 0 Å². The van der Waals surface area contributed by atoms with Gasteiger partial charge in [0, 0.05) is 12.6 Å². The number of carbonyl (C=O) groups is 2. The molecule has 0 aromatic heterocycles. The molecule has 0 radical (unpaired) electrons. The molecule has 1 heterocycles. The summed E-state index contributed by atoms with van der Waals surface area (Å²) in [6.07, 6.45) is 5.86. The quantitative estimate of drug-likeness (QED) is 0.602. The molecule has 0 unspecified atom stereocenters. The van der Waals surface area contributed by atoms with Gasteiger partial charge in [0.15, 0.2) is 6.29 Å². The van der Waals surface area contributed by atoms with Crippen LogP contribution in [0.3, 0.4) is 0 Å². The molecule has 1 amide bonds. The highest BCUT2D eigenvalue weighted by Gasteiger charge is 2.15. The SMILES string of the molecule is CCC(=O)N1NC=CC=C1C=O. The molecule has 0 saturated heterocycles. The van der Waals surface area contributed by atoms with E-state index in [-0.39, 0.29) is 5.91 Å². The van der Waals surface area contributed by atoms with Gasteiger partial charge in [-0.1, -0.05) is 6.92 Å². The van der Waals surface area contributed by atoms with Crippen LogP contribution < -0.4 is 5.43 Å². The van der Waals surface area contributed by atoms with E-state index in [1.54, 1.807) is 25.3 Å². The lowest BCUT2D eigenvalue weighted by atomic mass is 10.3. The average Bonchev–Trinajstić information content (AvgIpc) is 2.16. The molecule has 0 fully saturated rings. The Bertz CT molecular complexity index is 256. The van der Waals surface area contributed by atoms with Gasteiger partial charge in [-0.25, -0.2) is 5.01 Å². The van der Waals surface area contributed by atoms with Gasteiger partial charge in [-0.05, 0) is 12.2 Å². The summed E-state index contributed by atoms with van der Waals surface area (Å²) in [6.45, 7) is 1.74. The minimum atomic E-state index is -0.127. The normalized spacial score (nSPS) is 15.1. The fourth-order valence-corrected chi connectivity index (χ4v) is 0.879. The monoisotopic (exact) mass is 166 g/mol. The molecule has 1 N–H and O–H groups in total. The Labute approximate surface area is 70.5 Å². The molecule has 1 aliphatic rings. The van der Waals surface area contributed by atoms with Gasteiger partial charge in [-0.2, -0.15) is 0 Å². The molecule has 1 aliphatic heterocycles. The zero-order chi connectivity index (χ0) is 8.97. The van der Waals surface area contributed by atoms with Gasteiger partial charge in [0.25, 0.3) is 0 Å². The van der Waals surface area contributed by atoms with Gasteiger partial charge in [-0.3, -0.25) is 15.0 Å². The van der Waals surface area contributed by atoms with Crippen molar-refractivity contribution in [2.45, 2.75) is 13.3 Å². The highest BCUT2D eigenvalue weighted by Crippen LogP contribution is 2.04. The Balaban J connectivity index is 2.78. The van der Waals surface area contributed by atoms with E-state index in [0.717, 1.165) is 0 Å². The van der Waals surface area contributed by atoms with Crippen molar-refractivity contribution in [1.29, 1.82) is 0 Å². The summed E-state index contributed by atoms with van der Waals surface area (Å²) in [4.78, 5) is 21.6. The van der Waals surface area contributed by atoms with E-state index >= 15 is 0 Å². The van der Waals surface area contributed by atoms with Crippen molar-refractivity contribution in [2.75, 3.05) is 0 Å². The van der Waals surface area contributed by atoms with E-state index < -0.39 is 0 Å². The van der Waals surface area contributed by atoms with Crippen LogP contribution in [0.2, 0.25) is 0 Å². The number of hydrogen-bond donors (Lipinski definition) is 1. The second-order valence-corrected chi connectivity index (χ2v) is 2.28. The molecule has 0 saturated carbocycles. The molecule has 0 atom stereocenters. The lowest BCUT2D eigenvalue weighted by Crippen LogP contribution is -2.40. The van der Waals surface area contributed by atoms with Gasteiger partial charge in [-0.15, -0.1) is 0 Å². The van der Waals surface area contributed by atoms with Crippen LogP contribution in [0, 0.1) is 0 Å². The van der Waals surface area contributed by atoms with Crippen LogP contribution in [-0.2, 0) is 9.59 Å². The van der Waals surface area contributed by atoms with Crippen LogP contribution in [0.1, 0.15) is 13.3 Å². The summed E-state index contributed by atoms with van der Waals surface area (Å²) in [5.74, 6) is -0.127. The van der Waals surface area contributed by atoms with E-state index in [4.69, 9.17) is 0 Å². The van der Waals surface area contributed by atoms with Crippen LogP contribution >= 0.6 is 0 Å². The van der Waals surface area contributed by atoms with Crippen LogP contribution in [0.5, 0.6) is 0 Å². The van der Waals surface area contributed by atoms with Gasteiger partial charge < -0.3 is 0 Å². The van der Waals surface area contributed by atoms with Crippen LogP contribution in [0.15, 0.2) is 24.0 Å². The van der Waals surface area contributed by atoms with E-state index in [1.807, 2.05) is 0 Å². The Morgan fingerprint density at radius 1 is 1.75 bits per heavy atom. The molecule has 0 aromatic carbocycles. The largest absolute Gasteiger partial charge is 0.299 e. The number of hydrazine groups is 1. The number of rotatable bonds is 2. The summed E-state index contributed by atoms with van der Waals surface area (Å²) < 4.78 is 0. The van der Waals surface area contributed by atoms with E-state index in [9.17, 15) is 9.59 Å². The second-order valence-electron chi connectivity index (χ2n) is 2.28. The molecule has 1 rings (SSSR count). The predicted molar refractivity (Wildman–Crippen MR) is 43.6 cm³/mol. The first-order valence-corrected chi connectivity index (χ1v) is 3.70. The van der Waals surface area contributed by atoms with Crippen LogP contribution in [-0.4, -0.2) is 17.2 Å². The maximum absolute atomic E-state index is 11.2. The molecule has 0 aromatic rings. The number of carbonyl (C=O) groups excluding carboxylic acids is 2. The molecular formula is C8H10N2O2. The van der Waals surface area contributed by atoms with Crippen molar-refractivity contribution in [3.05, 3.63) is 24.0 Å². The summed E-state index contributed by atoms with van der Waals surface area (Å²) in [7, 11) is 0. The third-order valence-electron chi connectivity index (χ3n) is 1.50. The minimum absolute atomic E-state index is 0.127. The molecule has 4 heteroatoms. The number of nitrogens with zero attached hydrogens (tertiary/aromatic N) is 1. The molecule has 0 aliphatic carbocycles. The third-order valence-corrected chi connectivity index (χ3v) is 1.50. The third kappa shape index (κ3) is 1.53. The van der Waals surface area contributed by atoms with Gasteiger partial charge in [0.05, 0.1) is 0 Å². The van der Waals surface area contributed by atoms with Crippen molar-refractivity contribution in [3.63, 3.8) is 0 Å². The van der Waals surface area contributed by atoms with Crippen molar-refractivity contribution in [3.8, 4) is 0 Å². The van der Waals surface area contributed by atoms with Crippen LogP contribution in [0.25, 0.3) is 0 Å². The summed E-state index contributed by atoms with van der Waals surface area (Å²) in [5.41, 5.74) is 3.01. The molecule has 4 nitrogen and oxygen atoms in total. The fourth-order valence-electron chi connectivity index (χ4n) is 0.879. The highest BCUT2D eigenvalue weighted by molar-refractivity contribution is 5.86. The summed E-state index contributed by atoms with van der Waals surface area (Å²) in [5, 5.41) is 1.23. The number of aldehydes is 1. The second kappa shape index (κ2) is 3.71. The number of allylic oxidation sites excluding steroid dienone is 3. The predicted octanol–water partition coefficient (Wildman–Crippen LogP) is 0.340. The van der Waals surface area contributed by atoms with Gasteiger partial charge in [0.2, 0.25) is 5.91 Å². The Hall–Kier alpha value is -1.58. The first-order chi connectivity index (χ1) is 5.79. The molecule has 0 bridgehead atoms.